The first kappa shape index (κ1) is 23.9. The maximum atomic E-state index is 13.0. The van der Waals surface area contributed by atoms with Crippen molar-refractivity contribution in [3.8, 4) is 0 Å². The van der Waals surface area contributed by atoms with Gasteiger partial charge in [-0.2, -0.15) is 0 Å². The lowest BCUT2D eigenvalue weighted by atomic mass is 10.0. The average molecular weight is 361 g/mol. The van der Waals surface area contributed by atoms with Crippen molar-refractivity contribution in [2.75, 3.05) is 0 Å². The van der Waals surface area contributed by atoms with Gasteiger partial charge in [-0.1, -0.05) is 91.9 Å². The van der Waals surface area contributed by atoms with E-state index in [0.29, 0.717) is 5.92 Å². The molecule has 0 saturated heterocycles. The third-order valence-corrected chi connectivity index (χ3v) is 7.80. The Bertz CT molecular complexity index is 359. The molecule has 3 heteroatoms. The van der Waals surface area contributed by atoms with E-state index < -0.39 is 9.84 Å². The quantitative estimate of drug-likeness (QED) is 0.280. The van der Waals surface area contributed by atoms with Crippen LogP contribution in [0.25, 0.3) is 0 Å². The van der Waals surface area contributed by atoms with Crippen LogP contribution in [-0.4, -0.2) is 18.9 Å². The predicted octanol–water partition coefficient (Wildman–Crippen LogP) is 6.93. The highest BCUT2D eigenvalue weighted by atomic mass is 32.2. The lowest BCUT2D eigenvalue weighted by Crippen LogP contribution is -2.31. The SMILES string of the molecule is CCCCCCCC(CCCCCCC)S(=O)(=O)C(C)CC(C)C. The summed E-state index contributed by atoms with van der Waals surface area (Å²) in [6.07, 6.45) is 14.6. The zero-order chi connectivity index (χ0) is 18.4. The van der Waals surface area contributed by atoms with E-state index in [-0.39, 0.29) is 10.5 Å². The van der Waals surface area contributed by atoms with Crippen LogP contribution < -0.4 is 0 Å². The van der Waals surface area contributed by atoms with Crippen molar-refractivity contribution >= 4 is 9.84 Å². The summed E-state index contributed by atoms with van der Waals surface area (Å²) >= 11 is 0. The van der Waals surface area contributed by atoms with Crippen LogP contribution in [0.5, 0.6) is 0 Å². The average Bonchev–Trinajstić information content (AvgIpc) is 2.51. The predicted molar refractivity (Wildman–Crippen MR) is 108 cm³/mol. The Labute approximate surface area is 153 Å². The molecule has 0 radical (unpaired) electrons. The fourth-order valence-electron chi connectivity index (χ4n) is 3.55. The van der Waals surface area contributed by atoms with Crippen LogP contribution in [0, 0.1) is 5.92 Å². The van der Waals surface area contributed by atoms with Gasteiger partial charge in [-0.3, -0.25) is 0 Å². The summed E-state index contributed by atoms with van der Waals surface area (Å²) in [6, 6.07) is 0. The number of unbranched alkanes of at least 4 members (excludes halogenated alkanes) is 8. The van der Waals surface area contributed by atoms with Gasteiger partial charge in [0.2, 0.25) is 0 Å². The molecule has 0 amide bonds. The van der Waals surface area contributed by atoms with E-state index in [1.54, 1.807) is 0 Å². The van der Waals surface area contributed by atoms with E-state index in [0.717, 1.165) is 32.1 Å². The molecule has 1 unspecified atom stereocenters. The fraction of sp³-hybridized carbons (Fsp3) is 1.00. The Kier molecular flexibility index (Phi) is 14.1. The molecule has 0 heterocycles. The van der Waals surface area contributed by atoms with Crippen LogP contribution in [-0.2, 0) is 9.84 Å². The smallest absolute Gasteiger partial charge is 0.155 e. The molecule has 0 aromatic heterocycles. The first-order valence-electron chi connectivity index (χ1n) is 10.6. The molecule has 0 aromatic rings. The van der Waals surface area contributed by atoms with Gasteiger partial charge in [0, 0.05) is 0 Å². The van der Waals surface area contributed by atoms with Gasteiger partial charge in [0.1, 0.15) is 0 Å². The van der Waals surface area contributed by atoms with E-state index in [1.165, 1.54) is 51.4 Å². The standard InChI is InChI=1S/C21H44O2S/c1-6-8-10-12-14-16-21(17-15-13-11-9-7-2)24(22,23)20(5)18-19(3)4/h19-21H,6-18H2,1-5H3. The Morgan fingerprint density at radius 3 is 1.46 bits per heavy atom. The minimum atomic E-state index is -2.98. The summed E-state index contributed by atoms with van der Waals surface area (Å²) in [5.41, 5.74) is 0. The molecule has 2 nitrogen and oxygen atoms in total. The molecule has 0 spiro atoms. The Morgan fingerprint density at radius 2 is 1.08 bits per heavy atom. The second-order valence-electron chi connectivity index (χ2n) is 8.06. The molecule has 24 heavy (non-hydrogen) atoms. The van der Waals surface area contributed by atoms with Crippen LogP contribution in [0.15, 0.2) is 0 Å². The van der Waals surface area contributed by atoms with Crippen molar-refractivity contribution in [1.82, 2.24) is 0 Å². The molecule has 0 aliphatic rings. The highest BCUT2D eigenvalue weighted by molar-refractivity contribution is 7.92. The molecular formula is C21H44O2S. The van der Waals surface area contributed by atoms with Gasteiger partial charge in [0.15, 0.2) is 9.84 Å². The second-order valence-corrected chi connectivity index (χ2v) is 10.7. The monoisotopic (exact) mass is 360 g/mol. The molecule has 0 rings (SSSR count). The van der Waals surface area contributed by atoms with E-state index in [4.69, 9.17) is 0 Å². The summed E-state index contributed by atoms with van der Waals surface area (Å²) in [5, 5.41) is -0.289. The van der Waals surface area contributed by atoms with Crippen molar-refractivity contribution < 1.29 is 8.42 Å². The molecule has 0 fully saturated rings. The lowest BCUT2D eigenvalue weighted by molar-refractivity contribution is 0.494. The van der Waals surface area contributed by atoms with Gasteiger partial charge in [-0.15, -0.1) is 0 Å². The van der Waals surface area contributed by atoms with Crippen LogP contribution in [0.4, 0.5) is 0 Å². The Hall–Kier alpha value is -0.0500. The Morgan fingerprint density at radius 1 is 0.667 bits per heavy atom. The van der Waals surface area contributed by atoms with Crippen molar-refractivity contribution in [3.05, 3.63) is 0 Å². The zero-order valence-electron chi connectivity index (χ0n) is 17.1. The van der Waals surface area contributed by atoms with Crippen molar-refractivity contribution in [1.29, 1.82) is 0 Å². The maximum absolute atomic E-state index is 13.0. The molecule has 0 N–H and O–H groups in total. The first-order chi connectivity index (χ1) is 11.4. The normalized spacial score (nSPS) is 13.8. The number of hydrogen-bond acceptors (Lipinski definition) is 2. The largest absolute Gasteiger partial charge is 0.228 e. The second kappa shape index (κ2) is 14.2. The summed E-state index contributed by atoms with van der Waals surface area (Å²) in [7, 11) is -2.98. The minimum absolute atomic E-state index is 0.102. The van der Waals surface area contributed by atoms with E-state index in [9.17, 15) is 8.42 Å². The third kappa shape index (κ3) is 10.7. The molecule has 0 saturated carbocycles. The van der Waals surface area contributed by atoms with Gasteiger partial charge in [-0.25, -0.2) is 8.42 Å². The van der Waals surface area contributed by atoms with Gasteiger partial charge >= 0.3 is 0 Å². The van der Waals surface area contributed by atoms with Crippen LogP contribution in [0.2, 0.25) is 0 Å². The Balaban J connectivity index is 4.57. The molecule has 1 atom stereocenters. The number of rotatable bonds is 16. The fourth-order valence-corrected chi connectivity index (χ4v) is 5.85. The van der Waals surface area contributed by atoms with Crippen LogP contribution in [0.1, 0.15) is 118 Å². The van der Waals surface area contributed by atoms with Crippen molar-refractivity contribution in [2.45, 2.75) is 129 Å². The van der Waals surface area contributed by atoms with Crippen molar-refractivity contribution in [2.24, 2.45) is 5.92 Å². The van der Waals surface area contributed by atoms with Gasteiger partial charge in [-0.05, 0) is 32.1 Å². The van der Waals surface area contributed by atoms with Crippen LogP contribution in [0.3, 0.4) is 0 Å². The van der Waals surface area contributed by atoms with Crippen molar-refractivity contribution in [3.63, 3.8) is 0 Å². The maximum Gasteiger partial charge on any atom is 0.155 e. The zero-order valence-corrected chi connectivity index (χ0v) is 18.0. The van der Waals surface area contributed by atoms with E-state index in [1.807, 2.05) is 6.92 Å². The highest BCUT2D eigenvalue weighted by Gasteiger charge is 2.30. The van der Waals surface area contributed by atoms with E-state index >= 15 is 0 Å². The molecular weight excluding hydrogens is 316 g/mol. The van der Waals surface area contributed by atoms with E-state index in [2.05, 4.69) is 27.7 Å². The summed E-state index contributed by atoms with van der Waals surface area (Å²) in [4.78, 5) is 0. The summed E-state index contributed by atoms with van der Waals surface area (Å²) < 4.78 is 26.0. The molecule has 0 aromatic carbocycles. The lowest BCUT2D eigenvalue weighted by Gasteiger charge is -2.23. The first-order valence-corrected chi connectivity index (χ1v) is 12.2. The summed E-state index contributed by atoms with van der Waals surface area (Å²) in [5.74, 6) is 0.449. The molecule has 146 valence electrons. The number of hydrogen-bond donors (Lipinski definition) is 0. The van der Waals surface area contributed by atoms with Crippen LogP contribution >= 0.6 is 0 Å². The number of sulfone groups is 1. The third-order valence-electron chi connectivity index (χ3n) is 5.09. The molecule has 0 bridgehead atoms. The molecule has 0 aliphatic carbocycles. The highest BCUT2D eigenvalue weighted by Crippen LogP contribution is 2.25. The minimum Gasteiger partial charge on any atom is -0.228 e. The van der Waals surface area contributed by atoms with Gasteiger partial charge < -0.3 is 0 Å². The molecule has 0 aliphatic heterocycles. The summed E-state index contributed by atoms with van der Waals surface area (Å²) in [6.45, 7) is 10.6. The topological polar surface area (TPSA) is 34.1 Å². The van der Waals surface area contributed by atoms with Gasteiger partial charge in [0.05, 0.1) is 10.5 Å². The van der Waals surface area contributed by atoms with Gasteiger partial charge in [0.25, 0.3) is 0 Å².